The van der Waals surface area contributed by atoms with E-state index in [-0.39, 0.29) is 18.1 Å². The van der Waals surface area contributed by atoms with E-state index in [0.29, 0.717) is 23.2 Å². The van der Waals surface area contributed by atoms with E-state index in [0.717, 1.165) is 0 Å². The van der Waals surface area contributed by atoms with E-state index < -0.39 is 5.97 Å². The van der Waals surface area contributed by atoms with Crippen LogP contribution in [0.15, 0.2) is 42.3 Å². The topological polar surface area (TPSA) is 68.3 Å². The molecule has 0 saturated heterocycles. The standard InChI is InChI=1S/C21H24N2O3S/c1-2-12-22-21-23-18(14-27-21)20(25)26-13-19(24)17-10-8-16(9-11-17)15-6-4-3-5-7-15/h2,8-11,14-15H,1,3-7,12-13H2,(H,22,23). The van der Waals surface area contributed by atoms with E-state index in [1.165, 1.54) is 49.0 Å². The van der Waals surface area contributed by atoms with Crippen molar-refractivity contribution in [3.05, 3.63) is 59.1 Å². The lowest BCUT2D eigenvalue weighted by Gasteiger charge is -2.22. The van der Waals surface area contributed by atoms with Crippen LogP contribution in [0.25, 0.3) is 0 Å². The van der Waals surface area contributed by atoms with Gasteiger partial charge in [0.2, 0.25) is 0 Å². The molecule has 0 spiro atoms. The molecule has 1 aliphatic carbocycles. The fourth-order valence-electron chi connectivity index (χ4n) is 3.27. The highest BCUT2D eigenvalue weighted by molar-refractivity contribution is 7.13. The Labute approximate surface area is 163 Å². The van der Waals surface area contributed by atoms with Crippen molar-refractivity contribution in [3.63, 3.8) is 0 Å². The van der Waals surface area contributed by atoms with E-state index in [9.17, 15) is 9.59 Å². The van der Waals surface area contributed by atoms with Crippen molar-refractivity contribution in [1.82, 2.24) is 4.98 Å². The first kappa shape index (κ1) is 19.3. The molecule has 1 fully saturated rings. The number of nitrogens with one attached hydrogen (secondary N) is 1. The maximum atomic E-state index is 12.3. The van der Waals surface area contributed by atoms with Crippen molar-refractivity contribution in [2.75, 3.05) is 18.5 Å². The molecule has 142 valence electrons. The van der Waals surface area contributed by atoms with Gasteiger partial charge in [-0.2, -0.15) is 0 Å². The van der Waals surface area contributed by atoms with Crippen molar-refractivity contribution in [3.8, 4) is 0 Å². The smallest absolute Gasteiger partial charge is 0.358 e. The first-order chi connectivity index (χ1) is 13.2. The predicted octanol–water partition coefficient (Wildman–Crippen LogP) is 4.83. The van der Waals surface area contributed by atoms with Crippen LogP contribution in [0.2, 0.25) is 0 Å². The molecule has 0 aliphatic heterocycles. The highest BCUT2D eigenvalue weighted by Gasteiger charge is 2.17. The molecule has 5 nitrogen and oxygen atoms in total. The Balaban J connectivity index is 1.51. The molecule has 6 heteroatoms. The summed E-state index contributed by atoms with van der Waals surface area (Å²) in [6.45, 7) is 3.90. The highest BCUT2D eigenvalue weighted by Crippen LogP contribution is 2.32. The van der Waals surface area contributed by atoms with Gasteiger partial charge in [0, 0.05) is 17.5 Å². The largest absolute Gasteiger partial charge is 0.453 e. The fourth-order valence-corrected chi connectivity index (χ4v) is 3.96. The van der Waals surface area contributed by atoms with Gasteiger partial charge in [-0.05, 0) is 24.3 Å². The van der Waals surface area contributed by atoms with Crippen LogP contribution in [0, 0.1) is 0 Å². The lowest BCUT2D eigenvalue weighted by molar-refractivity contribution is 0.0470. The van der Waals surface area contributed by atoms with Crippen molar-refractivity contribution < 1.29 is 14.3 Å². The molecule has 3 rings (SSSR count). The Morgan fingerprint density at radius 2 is 1.96 bits per heavy atom. The minimum atomic E-state index is -0.593. The zero-order valence-corrected chi connectivity index (χ0v) is 16.1. The molecular weight excluding hydrogens is 360 g/mol. The molecule has 1 aliphatic rings. The number of anilines is 1. The minimum absolute atomic E-state index is 0.201. The number of Topliss-reactive ketones (excluding diaryl/α,β-unsaturated/α-hetero) is 1. The monoisotopic (exact) mass is 384 g/mol. The van der Waals surface area contributed by atoms with Crippen molar-refractivity contribution in [1.29, 1.82) is 0 Å². The highest BCUT2D eigenvalue weighted by atomic mass is 32.1. The van der Waals surface area contributed by atoms with Crippen LogP contribution in [0.4, 0.5) is 5.13 Å². The summed E-state index contributed by atoms with van der Waals surface area (Å²) in [5.41, 5.74) is 2.06. The Morgan fingerprint density at radius 3 is 2.67 bits per heavy atom. The molecule has 1 saturated carbocycles. The minimum Gasteiger partial charge on any atom is -0.453 e. The average molecular weight is 385 g/mol. The Hall–Kier alpha value is -2.47. The lowest BCUT2D eigenvalue weighted by atomic mass is 9.84. The normalized spacial score (nSPS) is 14.5. The first-order valence-electron chi connectivity index (χ1n) is 9.28. The number of nitrogens with zero attached hydrogens (tertiary/aromatic N) is 1. The van der Waals surface area contributed by atoms with Gasteiger partial charge >= 0.3 is 5.97 Å². The number of hydrogen-bond donors (Lipinski definition) is 1. The number of carbonyl (C=O) groups is 2. The summed E-state index contributed by atoms with van der Waals surface area (Å²) in [7, 11) is 0. The average Bonchev–Trinajstić information content (AvgIpc) is 3.20. The lowest BCUT2D eigenvalue weighted by Crippen LogP contribution is -2.15. The maximum Gasteiger partial charge on any atom is 0.358 e. The van der Waals surface area contributed by atoms with Crippen molar-refractivity contribution in [2.24, 2.45) is 0 Å². The van der Waals surface area contributed by atoms with Gasteiger partial charge < -0.3 is 10.1 Å². The Kier molecular flexibility index (Phi) is 6.76. The molecule has 1 aromatic carbocycles. The molecule has 0 radical (unpaired) electrons. The fraction of sp³-hybridized carbons (Fsp3) is 0.381. The number of ketones is 1. The van der Waals surface area contributed by atoms with Crippen molar-refractivity contribution >= 4 is 28.2 Å². The zero-order chi connectivity index (χ0) is 19.1. The number of hydrogen-bond acceptors (Lipinski definition) is 6. The third-order valence-electron chi connectivity index (χ3n) is 4.75. The van der Waals surface area contributed by atoms with Gasteiger partial charge in [-0.15, -0.1) is 17.9 Å². The van der Waals surface area contributed by atoms with E-state index in [2.05, 4.69) is 16.9 Å². The number of benzene rings is 1. The number of aromatic nitrogens is 1. The Bertz CT molecular complexity index is 792. The SMILES string of the molecule is C=CCNc1nc(C(=O)OCC(=O)c2ccc(C3CCCCC3)cc2)cs1. The maximum absolute atomic E-state index is 12.3. The van der Waals surface area contributed by atoms with Gasteiger partial charge in [0.25, 0.3) is 0 Å². The van der Waals surface area contributed by atoms with Gasteiger partial charge in [0.05, 0.1) is 0 Å². The summed E-state index contributed by atoms with van der Waals surface area (Å²) in [6, 6.07) is 7.73. The van der Waals surface area contributed by atoms with E-state index >= 15 is 0 Å². The second-order valence-electron chi connectivity index (χ2n) is 6.66. The molecule has 1 aromatic heterocycles. The van der Waals surface area contributed by atoms with E-state index in [4.69, 9.17) is 4.74 Å². The van der Waals surface area contributed by atoms with Gasteiger partial charge in [-0.3, -0.25) is 4.79 Å². The molecule has 0 unspecified atom stereocenters. The second kappa shape index (κ2) is 9.46. The molecule has 1 N–H and O–H groups in total. The van der Waals surface area contributed by atoms with Crippen LogP contribution in [0.3, 0.4) is 0 Å². The summed E-state index contributed by atoms with van der Waals surface area (Å²) in [5, 5.41) is 5.23. The molecule has 0 amide bonds. The third-order valence-corrected chi connectivity index (χ3v) is 5.55. The van der Waals surface area contributed by atoms with E-state index in [1.807, 2.05) is 24.3 Å². The summed E-state index contributed by atoms with van der Waals surface area (Å²) in [4.78, 5) is 28.5. The quantitative estimate of drug-likeness (QED) is 0.401. The van der Waals surface area contributed by atoms with Crippen LogP contribution in [-0.2, 0) is 4.74 Å². The number of esters is 1. The molecular formula is C21H24N2O3S. The number of ether oxygens (including phenoxy) is 1. The second-order valence-corrected chi connectivity index (χ2v) is 7.52. The molecule has 2 aromatic rings. The summed E-state index contributed by atoms with van der Waals surface area (Å²) < 4.78 is 5.12. The molecule has 27 heavy (non-hydrogen) atoms. The number of rotatable bonds is 8. The predicted molar refractivity (Wildman–Crippen MR) is 108 cm³/mol. The number of carbonyl (C=O) groups excluding carboxylic acids is 2. The van der Waals surface area contributed by atoms with Crippen LogP contribution in [-0.4, -0.2) is 29.9 Å². The summed E-state index contributed by atoms with van der Waals surface area (Å²) in [5.74, 6) is -0.196. The van der Waals surface area contributed by atoms with Gasteiger partial charge in [0.15, 0.2) is 23.2 Å². The van der Waals surface area contributed by atoms with Crippen LogP contribution in [0.1, 0.15) is 64.4 Å². The first-order valence-corrected chi connectivity index (χ1v) is 10.2. The molecule has 0 bridgehead atoms. The number of thiazole rings is 1. The molecule has 0 atom stereocenters. The Morgan fingerprint density at radius 1 is 1.22 bits per heavy atom. The third kappa shape index (κ3) is 5.26. The van der Waals surface area contributed by atoms with Gasteiger partial charge in [0.1, 0.15) is 0 Å². The summed E-state index contributed by atoms with van der Waals surface area (Å²) >= 11 is 1.31. The van der Waals surface area contributed by atoms with Gasteiger partial charge in [-0.25, -0.2) is 9.78 Å². The van der Waals surface area contributed by atoms with Crippen molar-refractivity contribution in [2.45, 2.75) is 38.0 Å². The summed E-state index contributed by atoms with van der Waals surface area (Å²) in [6.07, 6.45) is 8.04. The molecule has 1 heterocycles. The van der Waals surface area contributed by atoms with E-state index in [1.54, 1.807) is 11.5 Å². The zero-order valence-electron chi connectivity index (χ0n) is 15.3. The van der Waals surface area contributed by atoms with Crippen LogP contribution in [0.5, 0.6) is 0 Å². The van der Waals surface area contributed by atoms with Crippen LogP contribution >= 0.6 is 11.3 Å². The van der Waals surface area contributed by atoms with Crippen LogP contribution < -0.4 is 5.32 Å². The van der Waals surface area contributed by atoms with Gasteiger partial charge in [-0.1, -0.05) is 49.6 Å².